The largest absolute Gasteiger partial charge is 0.335 e. The van der Waals surface area contributed by atoms with Gasteiger partial charge in [-0.1, -0.05) is 0 Å². The summed E-state index contributed by atoms with van der Waals surface area (Å²) in [5.74, 6) is 0.699. The van der Waals surface area contributed by atoms with Gasteiger partial charge in [0, 0.05) is 30.1 Å². The molecule has 0 aromatic carbocycles. The van der Waals surface area contributed by atoms with Gasteiger partial charge < -0.3 is 4.90 Å². The molecule has 1 saturated carbocycles. The molecule has 122 valence electrons. The molecule has 0 spiro atoms. The zero-order valence-electron chi connectivity index (χ0n) is 13.7. The molecule has 4 rings (SSSR count). The zero-order valence-corrected chi connectivity index (χ0v) is 14.5. The Kier molecular flexibility index (Phi) is 3.71. The van der Waals surface area contributed by atoms with Crippen molar-refractivity contribution in [1.29, 1.82) is 0 Å². The van der Waals surface area contributed by atoms with Gasteiger partial charge in [0.25, 0.3) is 5.91 Å². The SMILES string of the molecule is Cc1cc(C)n([C@@H]2CCCN(C(=O)c3csc(C4CC4)n3)C2)n1. The molecule has 6 heteroatoms. The number of aryl methyl sites for hydroxylation is 2. The molecule has 23 heavy (non-hydrogen) atoms. The van der Waals surface area contributed by atoms with E-state index in [0.29, 0.717) is 11.6 Å². The Labute approximate surface area is 140 Å². The molecule has 0 bridgehead atoms. The summed E-state index contributed by atoms with van der Waals surface area (Å²) in [5.41, 5.74) is 2.84. The van der Waals surface area contributed by atoms with Crippen LogP contribution < -0.4 is 0 Å². The molecule has 0 radical (unpaired) electrons. The first-order valence-corrected chi connectivity index (χ1v) is 9.27. The van der Waals surface area contributed by atoms with E-state index in [2.05, 4.69) is 27.8 Å². The maximum Gasteiger partial charge on any atom is 0.273 e. The Morgan fingerprint density at radius 3 is 2.83 bits per heavy atom. The van der Waals surface area contributed by atoms with Crippen LogP contribution in [0.4, 0.5) is 0 Å². The van der Waals surface area contributed by atoms with Gasteiger partial charge in [-0.15, -0.1) is 11.3 Å². The molecule has 1 aliphatic heterocycles. The predicted octanol–water partition coefficient (Wildman–Crippen LogP) is 3.31. The van der Waals surface area contributed by atoms with Crippen molar-refractivity contribution < 1.29 is 4.79 Å². The van der Waals surface area contributed by atoms with Crippen LogP contribution in [0.25, 0.3) is 0 Å². The normalized spacial score (nSPS) is 21.7. The van der Waals surface area contributed by atoms with E-state index in [4.69, 9.17) is 0 Å². The Balaban J connectivity index is 1.49. The maximum absolute atomic E-state index is 12.8. The standard InChI is InChI=1S/C17H22N4OS/c1-11-8-12(2)21(19-11)14-4-3-7-20(9-14)17(22)15-10-23-16(18-15)13-5-6-13/h8,10,13-14H,3-7,9H2,1-2H3/t14-/m1/s1. The number of piperidine rings is 1. The van der Waals surface area contributed by atoms with Crippen LogP contribution in [0.2, 0.25) is 0 Å². The number of amides is 1. The summed E-state index contributed by atoms with van der Waals surface area (Å²) in [4.78, 5) is 19.3. The van der Waals surface area contributed by atoms with Gasteiger partial charge in [-0.05, 0) is 45.6 Å². The molecule has 3 heterocycles. The van der Waals surface area contributed by atoms with Crippen LogP contribution in [0.5, 0.6) is 0 Å². The van der Waals surface area contributed by atoms with Gasteiger partial charge in [0.2, 0.25) is 0 Å². The van der Waals surface area contributed by atoms with Gasteiger partial charge in [0.05, 0.1) is 16.7 Å². The second-order valence-electron chi connectivity index (χ2n) is 6.76. The van der Waals surface area contributed by atoms with Crippen molar-refractivity contribution in [2.45, 2.75) is 51.5 Å². The fourth-order valence-corrected chi connectivity index (χ4v) is 4.39. The Morgan fingerprint density at radius 1 is 1.30 bits per heavy atom. The van der Waals surface area contributed by atoms with Gasteiger partial charge in [0.15, 0.2) is 0 Å². The highest BCUT2D eigenvalue weighted by Crippen LogP contribution is 2.41. The molecule has 1 aliphatic carbocycles. The van der Waals surface area contributed by atoms with Crippen molar-refractivity contribution in [3.8, 4) is 0 Å². The smallest absolute Gasteiger partial charge is 0.273 e. The average Bonchev–Trinajstić information content (AvgIpc) is 3.18. The first-order valence-electron chi connectivity index (χ1n) is 8.39. The van der Waals surface area contributed by atoms with Crippen LogP contribution in [0.3, 0.4) is 0 Å². The van der Waals surface area contributed by atoms with Crippen LogP contribution in [0.1, 0.15) is 64.5 Å². The average molecular weight is 330 g/mol. The van der Waals surface area contributed by atoms with Crippen LogP contribution in [-0.2, 0) is 0 Å². The summed E-state index contributed by atoms with van der Waals surface area (Å²) in [6.07, 6.45) is 4.56. The van der Waals surface area contributed by atoms with Crippen molar-refractivity contribution in [2.24, 2.45) is 0 Å². The van der Waals surface area contributed by atoms with Crippen molar-refractivity contribution in [3.05, 3.63) is 33.5 Å². The number of carbonyl (C=O) groups excluding carboxylic acids is 1. The molecule has 1 saturated heterocycles. The molecule has 2 aliphatic rings. The molecule has 2 fully saturated rings. The minimum absolute atomic E-state index is 0.0828. The summed E-state index contributed by atoms with van der Waals surface area (Å²) in [7, 11) is 0. The number of thiazole rings is 1. The summed E-state index contributed by atoms with van der Waals surface area (Å²) >= 11 is 1.64. The lowest BCUT2D eigenvalue weighted by atomic mass is 10.1. The number of nitrogens with zero attached hydrogens (tertiary/aromatic N) is 4. The second kappa shape index (κ2) is 5.74. The Morgan fingerprint density at radius 2 is 2.13 bits per heavy atom. The van der Waals surface area contributed by atoms with Gasteiger partial charge in [-0.3, -0.25) is 9.48 Å². The minimum Gasteiger partial charge on any atom is -0.335 e. The van der Waals surface area contributed by atoms with Crippen molar-refractivity contribution in [2.75, 3.05) is 13.1 Å². The lowest BCUT2D eigenvalue weighted by Gasteiger charge is -2.33. The summed E-state index contributed by atoms with van der Waals surface area (Å²) in [6, 6.07) is 2.38. The Hall–Kier alpha value is -1.69. The molecule has 0 N–H and O–H groups in total. The molecular formula is C17H22N4OS. The fourth-order valence-electron chi connectivity index (χ4n) is 3.42. The third-order valence-corrected chi connectivity index (χ3v) is 5.75. The first kappa shape index (κ1) is 14.9. The number of aromatic nitrogens is 3. The van der Waals surface area contributed by atoms with Gasteiger partial charge in [-0.25, -0.2) is 4.98 Å². The molecular weight excluding hydrogens is 308 g/mol. The highest BCUT2D eigenvalue weighted by molar-refractivity contribution is 7.10. The van der Waals surface area contributed by atoms with Crippen LogP contribution >= 0.6 is 11.3 Å². The van der Waals surface area contributed by atoms with Crippen molar-refractivity contribution in [1.82, 2.24) is 19.7 Å². The topological polar surface area (TPSA) is 51.0 Å². The van der Waals surface area contributed by atoms with E-state index in [1.54, 1.807) is 11.3 Å². The molecule has 5 nitrogen and oxygen atoms in total. The second-order valence-corrected chi connectivity index (χ2v) is 7.65. The maximum atomic E-state index is 12.8. The lowest BCUT2D eigenvalue weighted by Crippen LogP contribution is -2.41. The fraction of sp³-hybridized carbons (Fsp3) is 0.588. The van der Waals surface area contributed by atoms with E-state index in [-0.39, 0.29) is 11.9 Å². The van der Waals surface area contributed by atoms with Gasteiger partial charge >= 0.3 is 0 Å². The quantitative estimate of drug-likeness (QED) is 0.867. The van der Waals surface area contributed by atoms with Crippen molar-refractivity contribution >= 4 is 17.2 Å². The summed E-state index contributed by atoms with van der Waals surface area (Å²) < 4.78 is 2.09. The van der Waals surface area contributed by atoms with E-state index in [0.717, 1.165) is 36.6 Å². The van der Waals surface area contributed by atoms with Crippen LogP contribution in [-0.4, -0.2) is 38.7 Å². The number of rotatable bonds is 3. The number of hydrogen-bond acceptors (Lipinski definition) is 4. The zero-order chi connectivity index (χ0) is 16.0. The van der Waals surface area contributed by atoms with E-state index >= 15 is 0 Å². The van der Waals surface area contributed by atoms with Gasteiger partial charge in [-0.2, -0.15) is 5.10 Å². The van der Waals surface area contributed by atoms with Gasteiger partial charge in [0.1, 0.15) is 5.69 Å². The van der Waals surface area contributed by atoms with Crippen molar-refractivity contribution in [3.63, 3.8) is 0 Å². The van der Waals surface area contributed by atoms with E-state index < -0.39 is 0 Å². The highest BCUT2D eigenvalue weighted by Gasteiger charge is 2.30. The van der Waals surface area contributed by atoms with Crippen LogP contribution in [0.15, 0.2) is 11.4 Å². The van der Waals surface area contributed by atoms with Crippen LogP contribution in [0, 0.1) is 13.8 Å². The first-order chi connectivity index (χ1) is 11.1. The lowest BCUT2D eigenvalue weighted by molar-refractivity contribution is 0.0666. The molecule has 1 atom stereocenters. The van der Waals surface area contributed by atoms with E-state index in [1.165, 1.54) is 18.5 Å². The minimum atomic E-state index is 0.0828. The monoisotopic (exact) mass is 330 g/mol. The Bertz CT molecular complexity index is 731. The molecule has 1 amide bonds. The number of likely N-dealkylation sites (tertiary alicyclic amines) is 1. The molecule has 2 aromatic heterocycles. The third-order valence-electron chi connectivity index (χ3n) is 4.74. The van der Waals surface area contributed by atoms with E-state index in [9.17, 15) is 4.79 Å². The number of hydrogen-bond donors (Lipinski definition) is 0. The third kappa shape index (κ3) is 2.92. The predicted molar refractivity (Wildman–Crippen MR) is 90.0 cm³/mol. The summed E-state index contributed by atoms with van der Waals surface area (Å²) in [6.45, 7) is 5.66. The molecule has 2 aromatic rings. The molecule has 0 unspecified atom stereocenters. The highest BCUT2D eigenvalue weighted by atomic mass is 32.1. The van der Waals surface area contributed by atoms with E-state index in [1.807, 2.05) is 17.2 Å². The number of carbonyl (C=O) groups is 1. The summed E-state index contributed by atoms with van der Waals surface area (Å²) in [5, 5.41) is 7.67.